The van der Waals surface area contributed by atoms with Crippen molar-refractivity contribution in [2.45, 2.75) is 0 Å². The Labute approximate surface area is 92.9 Å². The highest BCUT2D eigenvalue weighted by atomic mass is 16.1. The molecule has 1 aromatic rings. The number of fused-ring (bicyclic) bond motifs is 3. The molecule has 4 N–H and O–H groups in total. The van der Waals surface area contributed by atoms with Crippen LogP contribution in [0.5, 0.6) is 0 Å². The van der Waals surface area contributed by atoms with E-state index in [1.807, 2.05) is 12.3 Å². The van der Waals surface area contributed by atoms with E-state index >= 15 is 0 Å². The summed E-state index contributed by atoms with van der Waals surface area (Å²) in [6.45, 7) is 1.67. The van der Waals surface area contributed by atoms with E-state index in [0.717, 1.165) is 24.6 Å². The minimum absolute atomic E-state index is 0.404. The van der Waals surface area contributed by atoms with Crippen LogP contribution < -0.4 is 21.3 Å². The second-order valence-corrected chi connectivity index (χ2v) is 3.89. The molecule has 0 saturated carbocycles. The summed E-state index contributed by atoms with van der Waals surface area (Å²) < 4.78 is 0. The van der Waals surface area contributed by atoms with Crippen LogP contribution in [0.15, 0.2) is 30.1 Å². The third kappa shape index (κ3) is 1.25. The maximum atomic E-state index is 11.1. The fraction of sp³-hybridized carbons (Fsp3) is 0.182. The number of carbonyl (C=O) groups excluding carboxylic acids is 1. The number of rotatable bonds is 1. The van der Waals surface area contributed by atoms with E-state index < -0.39 is 5.91 Å². The number of nitrogens with two attached hydrogens (primary N) is 1. The number of benzene rings is 1. The van der Waals surface area contributed by atoms with Crippen molar-refractivity contribution >= 4 is 17.3 Å². The third-order valence-electron chi connectivity index (χ3n) is 2.89. The summed E-state index contributed by atoms with van der Waals surface area (Å²) in [7, 11) is 0. The number of hydrogen-bond acceptors (Lipinski definition) is 4. The normalized spacial score (nSPS) is 17.2. The molecule has 0 aromatic heterocycles. The van der Waals surface area contributed by atoms with Crippen molar-refractivity contribution in [2.75, 3.05) is 23.4 Å². The first-order valence-corrected chi connectivity index (χ1v) is 5.13. The molecule has 0 bridgehead atoms. The molecule has 1 aromatic carbocycles. The fourth-order valence-corrected chi connectivity index (χ4v) is 2.06. The lowest BCUT2D eigenvalue weighted by Crippen LogP contribution is -2.24. The van der Waals surface area contributed by atoms with Gasteiger partial charge in [0, 0.05) is 24.0 Å². The van der Waals surface area contributed by atoms with Gasteiger partial charge in [0.05, 0.1) is 18.0 Å². The maximum Gasteiger partial charge on any atom is 0.248 e. The Morgan fingerprint density at radius 1 is 1.44 bits per heavy atom. The van der Waals surface area contributed by atoms with Gasteiger partial charge < -0.3 is 16.0 Å². The summed E-state index contributed by atoms with van der Waals surface area (Å²) in [6.07, 6.45) is 1.95. The van der Waals surface area contributed by atoms with Gasteiger partial charge in [0.1, 0.15) is 0 Å². The first-order valence-electron chi connectivity index (χ1n) is 5.13. The predicted octanol–water partition coefficient (Wildman–Crippen LogP) is 0.419. The molecule has 0 radical (unpaired) electrons. The van der Waals surface area contributed by atoms with E-state index in [0.29, 0.717) is 5.56 Å². The van der Waals surface area contributed by atoms with E-state index in [-0.39, 0.29) is 0 Å². The molecule has 0 spiro atoms. The van der Waals surface area contributed by atoms with Crippen LogP contribution in [0.4, 0.5) is 11.4 Å². The summed E-state index contributed by atoms with van der Waals surface area (Å²) in [4.78, 5) is 13.2. The number of nitrogens with zero attached hydrogens (tertiary/aromatic N) is 1. The lowest BCUT2D eigenvalue weighted by atomic mass is 10.1. The Bertz CT molecular complexity index is 495. The molecule has 0 unspecified atom stereocenters. The van der Waals surface area contributed by atoms with E-state index in [1.165, 1.54) is 5.70 Å². The summed E-state index contributed by atoms with van der Waals surface area (Å²) in [5.74, 6) is -0.404. The lowest BCUT2D eigenvalue weighted by molar-refractivity contribution is 0.100. The third-order valence-corrected chi connectivity index (χ3v) is 2.89. The molecular weight excluding hydrogens is 204 g/mol. The first-order chi connectivity index (χ1) is 7.75. The zero-order valence-corrected chi connectivity index (χ0v) is 8.66. The van der Waals surface area contributed by atoms with Gasteiger partial charge in [-0.3, -0.25) is 10.1 Å². The minimum Gasteiger partial charge on any atom is -0.366 e. The van der Waals surface area contributed by atoms with E-state index in [1.54, 1.807) is 12.1 Å². The van der Waals surface area contributed by atoms with Crippen molar-refractivity contribution in [3.8, 4) is 0 Å². The largest absolute Gasteiger partial charge is 0.366 e. The molecule has 2 aliphatic rings. The van der Waals surface area contributed by atoms with Crippen LogP contribution >= 0.6 is 0 Å². The average molecular weight is 216 g/mol. The molecule has 1 saturated heterocycles. The summed E-state index contributed by atoms with van der Waals surface area (Å²) in [6, 6.07) is 5.45. The lowest BCUT2D eigenvalue weighted by Gasteiger charge is -2.26. The highest BCUT2D eigenvalue weighted by molar-refractivity contribution is 5.95. The van der Waals surface area contributed by atoms with Gasteiger partial charge in [0.25, 0.3) is 0 Å². The second kappa shape index (κ2) is 3.24. The molecule has 82 valence electrons. The van der Waals surface area contributed by atoms with Crippen LogP contribution in [0, 0.1) is 0 Å². The standard InChI is InChI=1S/C11H12N4O/c12-11(16)7-1-2-10-9(3-7)14-5-8-4-13-6-15(8)10/h1-3,5,13-14H,4,6H2,(H2,12,16). The molecule has 0 aliphatic carbocycles. The minimum atomic E-state index is -0.404. The molecule has 5 nitrogen and oxygen atoms in total. The molecule has 1 fully saturated rings. The molecule has 5 heteroatoms. The number of hydrogen-bond donors (Lipinski definition) is 3. The Balaban J connectivity index is 2.06. The monoisotopic (exact) mass is 216 g/mol. The van der Waals surface area contributed by atoms with Gasteiger partial charge in [-0.1, -0.05) is 0 Å². The van der Waals surface area contributed by atoms with Gasteiger partial charge in [-0.15, -0.1) is 0 Å². The average Bonchev–Trinajstić information content (AvgIpc) is 2.76. The fourth-order valence-electron chi connectivity index (χ4n) is 2.06. The smallest absolute Gasteiger partial charge is 0.248 e. The molecule has 16 heavy (non-hydrogen) atoms. The van der Waals surface area contributed by atoms with E-state index in [9.17, 15) is 4.79 Å². The highest BCUT2D eigenvalue weighted by Gasteiger charge is 2.24. The number of carbonyl (C=O) groups is 1. The summed E-state index contributed by atoms with van der Waals surface area (Å²) in [5.41, 5.74) is 8.97. The van der Waals surface area contributed by atoms with Crippen LogP contribution in [0.2, 0.25) is 0 Å². The second-order valence-electron chi connectivity index (χ2n) is 3.89. The van der Waals surface area contributed by atoms with Gasteiger partial charge in [0.15, 0.2) is 0 Å². The molecule has 2 heterocycles. The quantitative estimate of drug-likeness (QED) is 0.636. The Kier molecular flexibility index (Phi) is 1.87. The summed E-state index contributed by atoms with van der Waals surface area (Å²) >= 11 is 0. The van der Waals surface area contributed by atoms with E-state index in [4.69, 9.17) is 5.73 Å². The van der Waals surface area contributed by atoms with Crippen LogP contribution in [0.3, 0.4) is 0 Å². The van der Waals surface area contributed by atoms with Crippen LogP contribution in [-0.4, -0.2) is 19.1 Å². The zero-order valence-electron chi connectivity index (χ0n) is 8.66. The molecule has 3 rings (SSSR count). The maximum absolute atomic E-state index is 11.1. The van der Waals surface area contributed by atoms with Gasteiger partial charge in [-0.05, 0) is 18.2 Å². The van der Waals surface area contributed by atoms with Crippen molar-refractivity contribution in [2.24, 2.45) is 5.73 Å². The summed E-state index contributed by atoms with van der Waals surface area (Å²) in [5, 5.41) is 6.45. The number of anilines is 2. The number of nitrogens with one attached hydrogen (secondary N) is 2. The van der Waals surface area contributed by atoms with Crippen molar-refractivity contribution in [3.05, 3.63) is 35.7 Å². The Morgan fingerprint density at radius 2 is 2.31 bits per heavy atom. The van der Waals surface area contributed by atoms with E-state index in [2.05, 4.69) is 15.5 Å². The van der Waals surface area contributed by atoms with Crippen molar-refractivity contribution in [1.29, 1.82) is 0 Å². The molecule has 1 amide bonds. The topological polar surface area (TPSA) is 70.4 Å². The van der Waals surface area contributed by atoms with Gasteiger partial charge >= 0.3 is 0 Å². The molecular formula is C11H12N4O. The Hall–Kier alpha value is -2.01. The van der Waals surface area contributed by atoms with Gasteiger partial charge in [-0.2, -0.15) is 0 Å². The van der Waals surface area contributed by atoms with Gasteiger partial charge in [-0.25, -0.2) is 0 Å². The molecule has 2 aliphatic heterocycles. The first kappa shape index (κ1) is 9.23. The van der Waals surface area contributed by atoms with Crippen molar-refractivity contribution < 1.29 is 4.79 Å². The predicted molar refractivity (Wildman–Crippen MR) is 62.0 cm³/mol. The van der Waals surface area contributed by atoms with Crippen molar-refractivity contribution in [1.82, 2.24) is 5.32 Å². The van der Waals surface area contributed by atoms with Crippen LogP contribution in [0.25, 0.3) is 0 Å². The van der Waals surface area contributed by atoms with Gasteiger partial charge in [0.2, 0.25) is 5.91 Å². The SMILES string of the molecule is NC(=O)c1ccc2c(c1)NC=C1CNCN12. The van der Waals surface area contributed by atoms with Crippen LogP contribution in [0.1, 0.15) is 10.4 Å². The van der Waals surface area contributed by atoms with Crippen molar-refractivity contribution in [3.63, 3.8) is 0 Å². The Morgan fingerprint density at radius 3 is 3.12 bits per heavy atom. The highest BCUT2D eigenvalue weighted by Crippen LogP contribution is 2.34. The zero-order chi connectivity index (χ0) is 11.1. The number of primary amides is 1. The molecule has 0 atom stereocenters. The van der Waals surface area contributed by atoms with Crippen LogP contribution in [-0.2, 0) is 0 Å². The number of amides is 1.